The lowest BCUT2D eigenvalue weighted by molar-refractivity contribution is -0.121. The van der Waals surface area contributed by atoms with Crippen molar-refractivity contribution in [3.8, 4) is 0 Å². The second kappa shape index (κ2) is 6.25. The minimum atomic E-state index is 0.131. The van der Waals surface area contributed by atoms with Gasteiger partial charge in [-0.25, -0.2) is 4.98 Å². The number of hydrogen-bond donors (Lipinski definition) is 2. The van der Waals surface area contributed by atoms with Gasteiger partial charge in [0.15, 0.2) is 0 Å². The Morgan fingerprint density at radius 3 is 2.65 bits per heavy atom. The van der Waals surface area contributed by atoms with Gasteiger partial charge in [-0.2, -0.15) is 0 Å². The molecule has 1 aliphatic carbocycles. The van der Waals surface area contributed by atoms with Gasteiger partial charge in [-0.05, 0) is 36.3 Å². The van der Waals surface area contributed by atoms with Crippen LogP contribution in [-0.4, -0.2) is 23.5 Å². The van der Waals surface area contributed by atoms with Crippen LogP contribution in [0.1, 0.15) is 52.0 Å². The monoisotopic (exact) mass is 275 g/mol. The van der Waals surface area contributed by atoms with E-state index < -0.39 is 0 Å². The highest BCUT2D eigenvalue weighted by Crippen LogP contribution is 2.22. The Kier molecular flexibility index (Phi) is 4.63. The van der Waals surface area contributed by atoms with E-state index in [2.05, 4.69) is 42.5 Å². The van der Waals surface area contributed by atoms with E-state index in [1.807, 2.05) is 12.3 Å². The maximum Gasteiger partial charge on any atom is 0.220 e. The predicted molar refractivity (Wildman–Crippen MR) is 81.8 cm³/mol. The summed E-state index contributed by atoms with van der Waals surface area (Å²) in [5.74, 6) is 1.05. The fraction of sp³-hybridized carbons (Fsp3) is 0.625. The van der Waals surface area contributed by atoms with Crippen LogP contribution in [0, 0.1) is 0 Å². The first-order valence-corrected chi connectivity index (χ1v) is 7.45. The third-order valence-corrected chi connectivity index (χ3v) is 3.46. The Hall–Kier alpha value is -1.58. The first-order chi connectivity index (χ1) is 9.45. The molecule has 0 spiro atoms. The molecule has 0 atom stereocenters. The highest BCUT2D eigenvalue weighted by atomic mass is 16.1. The number of nitrogens with zero attached hydrogens (tertiary/aromatic N) is 1. The van der Waals surface area contributed by atoms with Gasteiger partial charge in [0, 0.05) is 25.2 Å². The van der Waals surface area contributed by atoms with Crippen LogP contribution in [0.4, 0.5) is 5.82 Å². The first kappa shape index (κ1) is 14.8. The Balaban J connectivity index is 1.67. The third-order valence-electron chi connectivity index (χ3n) is 3.46. The van der Waals surface area contributed by atoms with Crippen molar-refractivity contribution in [2.75, 3.05) is 11.9 Å². The molecule has 1 amide bonds. The standard InChI is InChI=1S/C16H25N3O/c1-16(2,3)12-6-9-14(18-11-12)17-10-4-5-15(20)19-13-7-8-13/h6,9,11,13H,4-5,7-8,10H2,1-3H3,(H,17,18)(H,19,20). The summed E-state index contributed by atoms with van der Waals surface area (Å²) in [4.78, 5) is 15.9. The Morgan fingerprint density at radius 2 is 2.10 bits per heavy atom. The van der Waals surface area contributed by atoms with Gasteiger partial charge in [0.25, 0.3) is 0 Å². The van der Waals surface area contributed by atoms with Crippen LogP contribution in [0.25, 0.3) is 0 Å². The molecule has 1 aromatic heterocycles. The van der Waals surface area contributed by atoms with E-state index in [4.69, 9.17) is 0 Å². The molecule has 1 fully saturated rings. The predicted octanol–water partition coefficient (Wildman–Crippen LogP) is 2.85. The molecule has 20 heavy (non-hydrogen) atoms. The van der Waals surface area contributed by atoms with Gasteiger partial charge in [-0.1, -0.05) is 26.8 Å². The zero-order valence-electron chi connectivity index (χ0n) is 12.7. The van der Waals surface area contributed by atoms with Crippen LogP contribution in [-0.2, 0) is 10.2 Å². The van der Waals surface area contributed by atoms with Crippen molar-refractivity contribution in [2.24, 2.45) is 0 Å². The van der Waals surface area contributed by atoms with E-state index in [0.717, 1.165) is 31.6 Å². The zero-order valence-corrected chi connectivity index (χ0v) is 12.7. The van der Waals surface area contributed by atoms with Crippen LogP contribution in [0.3, 0.4) is 0 Å². The molecular weight excluding hydrogens is 250 g/mol. The summed E-state index contributed by atoms with van der Waals surface area (Å²) < 4.78 is 0. The van der Waals surface area contributed by atoms with Crippen molar-refractivity contribution in [3.63, 3.8) is 0 Å². The minimum Gasteiger partial charge on any atom is -0.370 e. The van der Waals surface area contributed by atoms with Crippen LogP contribution in [0.15, 0.2) is 18.3 Å². The number of pyridine rings is 1. The lowest BCUT2D eigenvalue weighted by atomic mass is 9.88. The average Bonchev–Trinajstić information content (AvgIpc) is 3.18. The summed E-state index contributed by atoms with van der Waals surface area (Å²) in [5.41, 5.74) is 1.36. The van der Waals surface area contributed by atoms with Crippen molar-refractivity contribution in [2.45, 2.75) is 57.9 Å². The quantitative estimate of drug-likeness (QED) is 0.785. The highest BCUT2D eigenvalue weighted by molar-refractivity contribution is 5.76. The molecule has 4 heteroatoms. The molecular formula is C16H25N3O. The molecule has 4 nitrogen and oxygen atoms in total. The highest BCUT2D eigenvalue weighted by Gasteiger charge is 2.22. The van der Waals surface area contributed by atoms with E-state index in [0.29, 0.717) is 12.5 Å². The maximum absolute atomic E-state index is 11.5. The van der Waals surface area contributed by atoms with Gasteiger partial charge < -0.3 is 10.6 Å². The van der Waals surface area contributed by atoms with Gasteiger partial charge in [0.1, 0.15) is 5.82 Å². The van der Waals surface area contributed by atoms with Gasteiger partial charge in [0.2, 0.25) is 5.91 Å². The minimum absolute atomic E-state index is 0.131. The summed E-state index contributed by atoms with van der Waals surface area (Å²) in [7, 11) is 0. The molecule has 2 N–H and O–H groups in total. The molecule has 0 saturated heterocycles. The third kappa shape index (κ3) is 4.83. The van der Waals surface area contributed by atoms with E-state index in [1.54, 1.807) is 0 Å². The van der Waals surface area contributed by atoms with E-state index in [1.165, 1.54) is 5.56 Å². The molecule has 0 bridgehead atoms. The smallest absolute Gasteiger partial charge is 0.220 e. The first-order valence-electron chi connectivity index (χ1n) is 7.45. The van der Waals surface area contributed by atoms with E-state index in [9.17, 15) is 4.79 Å². The van der Waals surface area contributed by atoms with Crippen molar-refractivity contribution < 1.29 is 4.79 Å². The van der Waals surface area contributed by atoms with Crippen LogP contribution in [0.2, 0.25) is 0 Å². The van der Waals surface area contributed by atoms with Gasteiger partial charge in [0.05, 0.1) is 0 Å². The Labute approximate surface area is 121 Å². The number of aromatic nitrogens is 1. The van der Waals surface area contributed by atoms with Crippen LogP contribution < -0.4 is 10.6 Å². The number of rotatable bonds is 6. The second-order valence-electron chi connectivity index (χ2n) is 6.55. The largest absolute Gasteiger partial charge is 0.370 e. The molecule has 1 heterocycles. The summed E-state index contributed by atoms with van der Waals surface area (Å²) in [6.45, 7) is 7.31. The average molecular weight is 275 g/mol. The van der Waals surface area contributed by atoms with Gasteiger partial charge >= 0.3 is 0 Å². The lowest BCUT2D eigenvalue weighted by Crippen LogP contribution is -2.25. The van der Waals surface area contributed by atoms with Crippen LogP contribution >= 0.6 is 0 Å². The number of amides is 1. The summed E-state index contributed by atoms with van der Waals surface area (Å²) in [5, 5.41) is 6.25. The fourth-order valence-electron chi connectivity index (χ4n) is 1.93. The summed E-state index contributed by atoms with van der Waals surface area (Å²) >= 11 is 0. The molecule has 0 unspecified atom stereocenters. The number of carbonyl (C=O) groups is 1. The molecule has 1 aromatic rings. The van der Waals surface area contributed by atoms with Gasteiger partial charge in [-0.15, -0.1) is 0 Å². The summed E-state index contributed by atoms with van der Waals surface area (Å²) in [6, 6.07) is 4.57. The Morgan fingerprint density at radius 1 is 1.35 bits per heavy atom. The van der Waals surface area contributed by atoms with E-state index in [-0.39, 0.29) is 11.3 Å². The molecule has 2 rings (SSSR count). The number of hydrogen-bond acceptors (Lipinski definition) is 3. The van der Waals surface area contributed by atoms with Gasteiger partial charge in [-0.3, -0.25) is 4.79 Å². The zero-order chi connectivity index (χ0) is 14.6. The lowest BCUT2D eigenvalue weighted by Gasteiger charge is -2.18. The molecule has 1 saturated carbocycles. The fourth-order valence-corrected chi connectivity index (χ4v) is 1.93. The van der Waals surface area contributed by atoms with Crippen LogP contribution in [0.5, 0.6) is 0 Å². The molecule has 0 aromatic carbocycles. The number of nitrogens with one attached hydrogen (secondary N) is 2. The second-order valence-corrected chi connectivity index (χ2v) is 6.55. The topological polar surface area (TPSA) is 54.0 Å². The molecule has 110 valence electrons. The molecule has 0 aliphatic heterocycles. The normalized spacial score (nSPS) is 14.9. The van der Waals surface area contributed by atoms with E-state index >= 15 is 0 Å². The number of anilines is 1. The maximum atomic E-state index is 11.5. The molecule has 0 radical (unpaired) electrons. The SMILES string of the molecule is CC(C)(C)c1ccc(NCCCC(=O)NC2CC2)nc1. The van der Waals surface area contributed by atoms with Crippen molar-refractivity contribution in [3.05, 3.63) is 23.9 Å². The Bertz CT molecular complexity index is 444. The number of carbonyl (C=O) groups excluding carboxylic acids is 1. The molecule has 1 aliphatic rings. The van der Waals surface area contributed by atoms with Crippen molar-refractivity contribution in [1.29, 1.82) is 0 Å². The summed E-state index contributed by atoms with van der Waals surface area (Å²) in [6.07, 6.45) is 5.63. The van der Waals surface area contributed by atoms with Crippen molar-refractivity contribution in [1.82, 2.24) is 10.3 Å². The van der Waals surface area contributed by atoms with Crippen molar-refractivity contribution >= 4 is 11.7 Å².